The van der Waals surface area contributed by atoms with Crippen LogP contribution in [0, 0.1) is 63.7 Å². The number of benzene rings is 1. The second kappa shape index (κ2) is 14.8. The van der Waals surface area contributed by atoms with E-state index in [1.54, 1.807) is 6.20 Å². The number of carbonyl (C=O) groups excluding carboxylic acids is 1. The minimum atomic E-state index is -0.211. The summed E-state index contributed by atoms with van der Waals surface area (Å²) in [6.45, 7) is 2.43. The average Bonchev–Trinajstić information content (AvgIpc) is 3.49. The van der Waals surface area contributed by atoms with Gasteiger partial charge in [-0.1, -0.05) is 11.6 Å². The zero-order valence-electron chi connectivity index (χ0n) is 18.0. The first-order valence-electron chi connectivity index (χ1n) is 10.5. The van der Waals surface area contributed by atoms with Gasteiger partial charge in [-0.3, -0.25) is 9.78 Å². The Bertz CT molecular complexity index is 815. The maximum Gasteiger partial charge on any atom is 2.00 e. The van der Waals surface area contributed by atoms with E-state index in [9.17, 15) is 4.79 Å². The Kier molecular flexibility index (Phi) is 12.4. The molecular formula is C26H27ClFeN2O2+2. The van der Waals surface area contributed by atoms with Gasteiger partial charge in [-0.15, -0.1) is 0 Å². The molecule has 1 aromatic heterocycles. The quantitative estimate of drug-likeness (QED) is 0.374. The van der Waals surface area contributed by atoms with Gasteiger partial charge >= 0.3 is 23.0 Å². The Balaban J connectivity index is 0.000000534. The molecule has 2 fully saturated rings. The molecule has 1 aromatic carbocycles. The van der Waals surface area contributed by atoms with E-state index in [1.807, 2.05) is 76.1 Å². The van der Waals surface area contributed by atoms with Gasteiger partial charge in [-0.05, 0) is 108 Å². The number of pyridine rings is 1. The molecule has 166 valence electrons. The normalized spacial score (nSPS) is 16.7. The second-order valence-corrected chi connectivity index (χ2v) is 7.75. The molecule has 6 heteroatoms. The summed E-state index contributed by atoms with van der Waals surface area (Å²) in [6.07, 6.45) is 21.8. The first-order valence-corrected chi connectivity index (χ1v) is 10.8. The van der Waals surface area contributed by atoms with Gasteiger partial charge in [-0.2, -0.15) is 0 Å². The molecule has 1 atom stereocenters. The molecule has 1 unspecified atom stereocenters. The van der Waals surface area contributed by atoms with E-state index in [0.717, 1.165) is 29.4 Å². The van der Waals surface area contributed by atoms with Crippen LogP contribution in [-0.2, 0) is 26.6 Å². The van der Waals surface area contributed by atoms with E-state index in [-0.39, 0.29) is 29.1 Å². The van der Waals surface area contributed by atoms with Crippen LogP contribution >= 0.6 is 11.6 Å². The number of rotatable bonds is 8. The summed E-state index contributed by atoms with van der Waals surface area (Å²) in [4.78, 5) is 16.3. The summed E-state index contributed by atoms with van der Waals surface area (Å²) in [5.74, 6) is 1.11. The SMILES string of the molecule is CC(CNc1ccnc2cc(Cl)ccc12)OC(=O)CCC[C]1[CH][CH][CH][CH]1.[CH]1[CH][CH][CH][CH]1.[Fe+2]. The molecule has 2 saturated carbocycles. The van der Waals surface area contributed by atoms with Crippen LogP contribution in [0.1, 0.15) is 26.2 Å². The van der Waals surface area contributed by atoms with Crippen LogP contribution in [0.2, 0.25) is 5.02 Å². The van der Waals surface area contributed by atoms with Gasteiger partial charge in [0.15, 0.2) is 0 Å². The van der Waals surface area contributed by atoms with E-state index in [0.29, 0.717) is 18.0 Å². The smallest absolute Gasteiger partial charge is 0.461 e. The Morgan fingerprint density at radius 3 is 2.44 bits per heavy atom. The molecule has 0 amide bonds. The number of hydrogen-bond donors (Lipinski definition) is 1. The molecule has 4 nitrogen and oxygen atoms in total. The minimum Gasteiger partial charge on any atom is -0.461 e. The van der Waals surface area contributed by atoms with Crippen molar-refractivity contribution >= 4 is 34.2 Å². The van der Waals surface area contributed by atoms with Crippen molar-refractivity contribution in [1.29, 1.82) is 0 Å². The molecule has 4 rings (SSSR count). The second-order valence-electron chi connectivity index (χ2n) is 7.31. The molecule has 0 aliphatic heterocycles. The van der Waals surface area contributed by atoms with Gasteiger partial charge in [0.25, 0.3) is 0 Å². The molecule has 0 saturated heterocycles. The fourth-order valence-electron chi connectivity index (χ4n) is 3.19. The minimum absolute atomic E-state index is 0. The number of carbonyl (C=O) groups is 1. The van der Waals surface area contributed by atoms with E-state index >= 15 is 0 Å². The number of nitrogens with one attached hydrogen (secondary N) is 1. The topological polar surface area (TPSA) is 51.2 Å². The van der Waals surface area contributed by atoms with Gasteiger partial charge in [0.1, 0.15) is 6.10 Å². The van der Waals surface area contributed by atoms with Crippen LogP contribution in [-0.4, -0.2) is 23.6 Å². The van der Waals surface area contributed by atoms with Crippen molar-refractivity contribution in [3.63, 3.8) is 0 Å². The number of fused-ring (bicyclic) bond motifs is 1. The molecule has 0 bridgehead atoms. The van der Waals surface area contributed by atoms with E-state index < -0.39 is 0 Å². The first kappa shape index (κ1) is 27.0. The van der Waals surface area contributed by atoms with Crippen molar-refractivity contribution in [1.82, 2.24) is 4.98 Å². The number of aromatic nitrogens is 1. The van der Waals surface area contributed by atoms with Gasteiger partial charge in [0.05, 0.1) is 12.1 Å². The Labute approximate surface area is 208 Å². The molecule has 1 N–H and O–H groups in total. The van der Waals surface area contributed by atoms with Gasteiger partial charge in [-0.25, -0.2) is 0 Å². The number of anilines is 1. The maximum absolute atomic E-state index is 12.0. The molecule has 1 heterocycles. The van der Waals surface area contributed by atoms with Crippen LogP contribution in [0.15, 0.2) is 30.5 Å². The van der Waals surface area contributed by atoms with Crippen molar-refractivity contribution in [2.75, 3.05) is 11.9 Å². The van der Waals surface area contributed by atoms with Crippen LogP contribution in [0.3, 0.4) is 0 Å². The first-order chi connectivity index (χ1) is 15.1. The maximum atomic E-state index is 12.0. The van der Waals surface area contributed by atoms with Crippen molar-refractivity contribution in [2.45, 2.75) is 32.3 Å². The summed E-state index contributed by atoms with van der Waals surface area (Å²) < 4.78 is 5.48. The third-order valence-corrected chi connectivity index (χ3v) is 4.99. The number of nitrogens with zero attached hydrogens (tertiary/aromatic N) is 1. The van der Waals surface area contributed by atoms with Crippen molar-refractivity contribution in [2.24, 2.45) is 0 Å². The van der Waals surface area contributed by atoms with Crippen molar-refractivity contribution in [3.8, 4) is 0 Å². The van der Waals surface area contributed by atoms with Crippen molar-refractivity contribution in [3.05, 3.63) is 99.2 Å². The summed E-state index contributed by atoms with van der Waals surface area (Å²) >= 11 is 6.01. The fourth-order valence-corrected chi connectivity index (χ4v) is 3.36. The predicted molar refractivity (Wildman–Crippen MR) is 127 cm³/mol. The largest absolute Gasteiger partial charge is 2.00 e. The number of hydrogen-bond acceptors (Lipinski definition) is 4. The zero-order chi connectivity index (χ0) is 21.9. The Morgan fingerprint density at radius 2 is 1.75 bits per heavy atom. The molecular weight excluding hydrogens is 464 g/mol. The predicted octanol–water partition coefficient (Wildman–Crippen LogP) is 5.83. The molecule has 2 aromatic rings. The fraction of sp³-hybridized carbons (Fsp3) is 0.231. The van der Waals surface area contributed by atoms with Crippen molar-refractivity contribution < 1.29 is 26.6 Å². The van der Waals surface area contributed by atoms with E-state index in [1.165, 1.54) is 5.92 Å². The number of esters is 1. The van der Waals surface area contributed by atoms with Gasteiger partial charge in [0, 0.05) is 28.7 Å². The molecule has 32 heavy (non-hydrogen) atoms. The molecule has 2 aliphatic carbocycles. The average molecular weight is 491 g/mol. The number of ether oxygens (including phenoxy) is 1. The van der Waals surface area contributed by atoms with E-state index in [2.05, 4.69) is 23.1 Å². The van der Waals surface area contributed by atoms with Crippen LogP contribution in [0.4, 0.5) is 5.69 Å². The third-order valence-electron chi connectivity index (χ3n) is 4.75. The van der Waals surface area contributed by atoms with Crippen LogP contribution in [0.5, 0.6) is 0 Å². The monoisotopic (exact) mass is 490 g/mol. The standard InChI is InChI=1S/C21H22ClN2O2.C5H5.Fe/c1-15(26-21(25)8-4-7-16-5-2-3-6-16)14-24-19-11-12-23-20-13-17(22)9-10-18(19)20;1-2-4-5-3-1;/h2-3,5-6,9-13,15H,4,7-8,14H2,1H3,(H,23,24);1-5H;/q;;+2. The molecule has 10 radical (unpaired) electrons. The Hall–Kier alpha value is -1.29. The number of halogens is 1. The zero-order valence-corrected chi connectivity index (χ0v) is 19.8. The van der Waals surface area contributed by atoms with Gasteiger partial charge in [0.2, 0.25) is 0 Å². The van der Waals surface area contributed by atoms with Crippen LogP contribution < -0.4 is 5.32 Å². The summed E-state index contributed by atoms with van der Waals surface area (Å²) in [7, 11) is 0. The Morgan fingerprint density at radius 1 is 1.06 bits per heavy atom. The third kappa shape index (κ3) is 9.29. The molecule has 0 spiro atoms. The van der Waals surface area contributed by atoms with Crippen LogP contribution in [0.25, 0.3) is 10.9 Å². The van der Waals surface area contributed by atoms with E-state index in [4.69, 9.17) is 16.3 Å². The van der Waals surface area contributed by atoms with Gasteiger partial charge < -0.3 is 10.1 Å². The summed E-state index contributed by atoms with van der Waals surface area (Å²) in [6, 6.07) is 7.52. The summed E-state index contributed by atoms with van der Waals surface area (Å²) in [5.41, 5.74) is 1.78. The summed E-state index contributed by atoms with van der Waals surface area (Å²) in [5, 5.41) is 4.98. The molecule has 2 aliphatic rings.